The Balaban J connectivity index is 2.48. The molecular weight excluding hydrogens is 422 g/mol. The van der Waals surface area contributed by atoms with Crippen molar-refractivity contribution in [2.45, 2.75) is 30.6 Å². The molecule has 2 N–H and O–H groups in total. The maximum absolute atomic E-state index is 12.8. The Kier molecular flexibility index (Phi) is 6.50. The first-order valence-electron chi connectivity index (χ1n) is 8.55. The zero-order valence-electron chi connectivity index (χ0n) is 16.0. The van der Waals surface area contributed by atoms with Crippen LogP contribution in [0, 0.1) is 17.0 Å². The summed E-state index contributed by atoms with van der Waals surface area (Å²) >= 11 is 0. The van der Waals surface area contributed by atoms with E-state index in [1.807, 2.05) is 0 Å². The molecule has 2 aromatic rings. The highest BCUT2D eigenvalue weighted by molar-refractivity contribution is 7.92. The van der Waals surface area contributed by atoms with Crippen molar-refractivity contribution in [3.8, 4) is 5.75 Å². The van der Waals surface area contributed by atoms with E-state index in [4.69, 9.17) is 0 Å². The van der Waals surface area contributed by atoms with Gasteiger partial charge in [-0.2, -0.15) is 4.31 Å². The quantitative estimate of drug-likeness (QED) is 0.470. The molecule has 0 radical (unpaired) electrons. The zero-order chi connectivity index (χ0) is 22.0. The number of nitro benzene ring substituents is 1. The van der Waals surface area contributed by atoms with Gasteiger partial charge >= 0.3 is 5.69 Å². The van der Waals surface area contributed by atoms with Gasteiger partial charge in [-0.1, -0.05) is 19.9 Å². The SMILES string of the molecule is CCN(CC)S(=O)(=O)c1cc(NS(=O)(=O)c2ccc(O)c([N+](=O)[O-])c2)ccc1C. The molecule has 0 saturated carbocycles. The lowest BCUT2D eigenvalue weighted by Gasteiger charge is -2.20. The van der Waals surface area contributed by atoms with E-state index in [0.29, 0.717) is 5.56 Å². The predicted octanol–water partition coefficient (Wildman–Crippen LogP) is 2.44. The fraction of sp³-hybridized carbons (Fsp3) is 0.294. The Bertz CT molecular complexity index is 1140. The second kappa shape index (κ2) is 8.35. The fourth-order valence-electron chi connectivity index (χ4n) is 2.67. The Morgan fingerprint density at radius 2 is 1.69 bits per heavy atom. The monoisotopic (exact) mass is 443 g/mol. The van der Waals surface area contributed by atoms with Crippen LogP contribution in [-0.2, 0) is 20.0 Å². The second-order valence-corrected chi connectivity index (χ2v) is 9.67. The van der Waals surface area contributed by atoms with Crippen molar-refractivity contribution in [1.82, 2.24) is 4.31 Å². The van der Waals surface area contributed by atoms with E-state index < -0.39 is 41.3 Å². The Morgan fingerprint density at radius 1 is 1.07 bits per heavy atom. The van der Waals surface area contributed by atoms with Gasteiger partial charge in [0.05, 0.1) is 20.4 Å². The highest BCUT2D eigenvalue weighted by atomic mass is 32.2. The van der Waals surface area contributed by atoms with Gasteiger partial charge in [0.2, 0.25) is 10.0 Å². The molecule has 0 bridgehead atoms. The summed E-state index contributed by atoms with van der Waals surface area (Å²) in [7, 11) is -8.09. The molecule has 0 aliphatic heterocycles. The topological polar surface area (TPSA) is 147 Å². The minimum absolute atomic E-state index is 0.0166. The summed E-state index contributed by atoms with van der Waals surface area (Å²) < 4.78 is 54.3. The number of hydrogen-bond acceptors (Lipinski definition) is 7. The number of phenols is 1. The van der Waals surface area contributed by atoms with E-state index >= 15 is 0 Å². The second-order valence-electron chi connectivity index (χ2n) is 6.08. The number of aromatic hydroxyl groups is 1. The summed E-state index contributed by atoms with van der Waals surface area (Å²) in [6.07, 6.45) is 0. The minimum atomic E-state index is -4.27. The number of sulfonamides is 2. The fourth-order valence-corrected chi connectivity index (χ4v) is 5.45. The summed E-state index contributed by atoms with van der Waals surface area (Å²) in [5, 5.41) is 20.4. The molecule has 0 aromatic heterocycles. The smallest absolute Gasteiger partial charge is 0.312 e. The lowest BCUT2D eigenvalue weighted by molar-refractivity contribution is -0.386. The first-order chi connectivity index (χ1) is 13.4. The van der Waals surface area contributed by atoms with Crippen LogP contribution in [0.15, 0.2) is 46.2 Å². The van der Waals surface area contributed by atoms with Crippen molar-refractivity contribution >= 4 is 31.4 Å². The maximum Gasteiger partial charge on any atom is 0.312 e. The Morgan fingerprint density at radius 3 is 2.24 bits per heavy atom. The number of rotatable bonds is 8. The number of nitrogens with one attached hydrogen (secondary N) is 1. The molecule has 158 valence electrons. The molecule has 2 rings (SSSR count). The molecule has 0 atom stereocenters. The first-order valence-corrected chi connectivity index (χ1v) is 11.5. The molecule has 0 spiro atoms. The molecule has 0 heterocycles. The third kappa shape index (κ3) is 4.66. The van der Waals surface area contributed by atoms with Gasteiger partial charge in [-0.3, -0.25) is 14.8 Å². The standard InChI is InChI=1S/C17H21N3O7S2/c1-4-19(5-2)29(26,27)17-10-13(7-6-12(17)3)18-28(24,25)14-8-9-16(21)15(11-14)20(22)23/h6-11,18,21H,4-5H2,1-3H3. The van der Waals surface area contributed by atoms with Gasteiger partial charge in [0.25, 0.3) is 10.0 Å². The van der Waals surface area contributed by atoms with E-state index in [0.717, 1.165) is 18.2 Å². The molecule has 0 amide bonds. The van der Waals surface area contributed by atoms with Crippen LogP contribution < -0.4 is 4.72 Å². The third-order valence-electron chi connectivity index (χ3n) is 4.22. The molecular formula is C17H21N3O7S2. The average Bonchev–Trinajstić information content (AvgIpc) is 2.63. The molecule has 2 aromatic carbocycles. The number of anilines is 1. The number of aryl methyl sites for hydroxylation is 1. The Hall–Kier alpha value is -2.70. The van der Waals surface area contributed by atoms with E-state index in [-0.39, 0.29) is 23.7 Å². The van der Waals surface area contributed by atoms with Gasteiger partial charge in [-0.25, -0.2) is 16.8 Å². The summed E-state index contributed by atoms with van der Waals surface area (Å²) in [6, 6.07) is 6.69. The van der Waals surface area contributed by atoms with Crippen molar-refractivity contribution in [2.24, 2.45) is 0 Å². The molecule has 29 heavy (non-hydrogen) atoms. The lowest BCUT2D eigenvalue weighted by atomic mass is 10.2. The Labute approximate surface area is 169 Å². The lowest BCUT2D eigenvalue weighted by Crippen LogP contribution is -2.31. The van der Waals surface area contributed by atoms with Gasteiger partial charge < -0.3 is 5.11 Å². The van der Waals surface area contributed by atoms with E-state index in [9.17, 15) is 32.1 Å². The number of phenolic OH excluding ortho intramolecular Hbond substituents is 1. The van der Waals surface area contributed by atoms with Gasteiger partial charge in [-0.15, -0.1) is 0 Å². The van der Waals surface area contributed by atoms with E-state index in [1.54, 1.807) is 20.8 Å². The molecule has 12 heteroatoms. The molecule has 0 saturated heterocycles. The zero-order valence-corrected chi connectivity index (χ0v) is 17.6. The normalized spacial score (nSPS) is 12.1. The summed E-state index contributed by atoms with van der Waals surface area (Å²) in [5.41, 5.74) is -0.334. The van der Waals surface area contributed by atoms with Gasteiger partial charge in [-0.05, 0) is 36.8 Å². The summed E-state index contributed by atoms with van der Waals surface area (Å²) in [4.78, 5) is 9.53. The molecule has 10 nitrogen and oxygen atoms in total. The van der Waals surface area contributed by atoms with Crippen LogP contribution in [0.25, 0.3) is 0 Å². The molecule has 0 unspecified atom stereocenters. The number of benzene rings is 2. The van der Waals surface area contributed by atoms with Crippen LogP contribution in [-0.4, -0.2) is 44.3 Å². The van der Waals surface area contributed by atoms with Crippen LogP contribution in [0.5, 0.6) is 5.75 Å². The predicted molar refractivity (Wildman–Crippen MR) is 107 cm³/mol. The number of nitrogens with zero attached hydrogens (tertiary/aromatic N) is 2. The average molecular weight is 444 g/mol. The maximum atomic E-state index is 12.8. The van der Waals surface area contributed by atoms with Crippen LogP contribution in [0.3, 0.4) is 0 Å². The molecule has 0 aliphatic carbocycles. The highest BCUT2D eigenvalue weighted by Crippen LogP contribution is 2.30. The number of hydrogen-bond donors (Lipinski definition) is 2. The summed E-state index contributed by atoms with van der Waals surface area (Å²) in [6.45, 7) is 5.50. The van der Waals surface area contributed by atoms with Crippen molar-refractivity contribution in [3.63, 3.8) is 0 Å². The van der Waals surface area contributed by atoms with E-state index in [2.05, 4.69) is 4.72 Å². The van der Waals surface area contributed by atoms with Crippen LogP contribution >= 0.6 is 0 Å². The van der Waals surface area contributed by atoms with Crippen molar-refractivity contribution < 1.29 is 26.9 Å². The largest absolute Gasteiger partial charge is 0.502 e. The van der Waals surface area contributed by atoms with Crippen molar-refractivity contribution in [3.05, 3.63) is 52.1 Å². The van der Waals surface area contributed by atoms with Crippen molar-refractivity contribution in [2.75, 3.05) is 17.8 Å². The van der Waals surface area contributed by atoms with E-state index in [1.165, 1.54) is 22.5 Å². The number of nitro groups is 1. The first kappa shape index (κ1) is 22.6. The molecule has 0 aliphatic rings. The highest BCUT2D eigenvalue weighted by Gasteiger charge is 2.25. The van der Waals surface area contributed by atoms with Gasteiger partial charge in [0.1, 0.15) is 0 Å². The van der Waals surface area contributed by atoms with Gasteiger partial charge in [0.15, 0.2) is 5.75 Å². The minimum Gasteiger partial charge on any atom is -0.502 e. The molecule has 0 fully saturated rings. The van der Waals surface area contributed by atoms with Crippen LogP contribution in [0.4, 0.5) is 11.4 Å². The van der Waals surface area contributed by atoms with Gasteiger partial charge in [0, 0.05) is 19.2 Å². The summed E-state index contributed by atoms with van der Waals surface area (Å²) in [5.74, 6) is -0.670. The van der Waals surface area contributed by atoms with Crippen LogP contribution in [0.1, 0.15) is 19.4 Å². The third-order valence-corrected chi connectivity index (χ3v) is 7.79. The van der Waals surface area contributed by atoms with Crippen molar-refractivity contribution in [1.29, 1.82) is 0 Å². The van der Waals surface area contributed by atoms with Crippen LogP contribution in [0.2, 0.25) is 0 Å².